The van der Waals surface area contributed by atoms with Gasteiger partial charge < -0.3 is 10.6 Å². The van der Waals surface area contributed by atoms with E-state index >= 15 is 0 Å². The van der Waals surface area contributed by atoms with Crippen LogP contribution in [0.3, 0.4) is 0 Å². The van der Waals surface area contributed by atoms with Crippen molar-refractivity contribution in [3.63, 3.8) is 0 Å². The predicted octanol–water partition coefficient (Wildman–Crippen LogP) is 2.42. The van der Waals surface area contributed by atoms with Crippen molar-refractivity contribution in [2.75, 3.05) is 18.4 Å². The molecule has 20 heavy (non-hydrogen) atoms. The molecule has 1 saturated heterocycles. The maximum absolute atomic E-state index is 13.3. The zero-order valence-electron chi connectivity index (χ0n) is 11.5. The standard InChI is InChI=1S/C15H18FN3O/c1-2-15(6-3-7-18-10-15)14(20)19-12-4-5-13(16)11(8-12)9-17/h4-5,8,18H,2-3,6-7,10H2,1H3,(H,19,20). The van der Waals surface area contributed by atoms with Crippen molar-refractivity contribution in [3.8, 4) is 6.07 Å². The van der Waals surface area contributed by atoms with Crippen LogP contribution < -0.4 is 10.6 Å². The molecule has 0 saturated carbocycles. The molecule has 1 fully saturated rings. The molecule has 0 aromatic heterocycles. The van der Waals surface area contributed by atoms with Crippen molar-refractivity contribution in [2.24, 2.45) is 5.41 Å². The van der Waals surface area contributed by atoms with Crippen molar-refractivity contribution in [1.82, 2.24) is 5.32 Å². The van der Waals surface area contributed by atoms with Gasteiger partial charge in [-0.2, -0.15) is 5.26 Å². The molecule has 1 amide bonds. The van der Waals surface area contributed by atoms with Crippen LogP contribution in [0.2, 0.25) is 0 Å². The van der Waals surface area contributed by atoms with Crippen molar-refractivity contribution in [1.29, 1.82) is 5.26 Å². The Labute approximate surface area is 118 Å². The lowest BCUT2D eigenvalue weighted by atomic mass is 9.77. The van der Waals surface area contributed by atoms with Crippen LogP contribution in [0.25, 0.3) is 0 Å². The summed E-state index contributed by atoms with van der Waals surface area (Å²) in [5, 5.41) is 14.9. The second-order valence-corrected chi connectivity index (χ2v) is 5.17. The van der Waals surface area contributed by atoms with Gasteiger partial charge in [0.1, 0.15) is 11.9 Å². The molecule has 106 valence electrons. The number of halogens is 1. The van der Waals surface area contributed by atoms with Gasteiger partial charge in [0.15, 0.2) is 0 Å². The van der Waals surface area contributed by atoms with Gasteiger partial charge in [0, 0.05) is 12.2 Å². The van der Waals surface area contributed by atoms with E-state index in [1.165, 1.54) is 18.2 Å². The van der Waals surface area contributed by atoms with Crippen LogP contribution in [0.15, 0.2) is 18.2 Å². The van der Waals surface area contributed by atoms with Crippen LogP contribution >= 0.6 is 0 Å². The molecule has 1 aromatic carbocycles. The molecule has 1 unspecified atom stereocenters. The lowest BCUT2D eigenvalue weighted by Crippen LogP contribution is -2.47. The number of nitrogens with zero attached hydrogens (tertiary/aromatic N) is 1. The zero-order chi connectivity index (χ0) is 14.6. The highest BCUT2D eigenvalue weighted by molar-refractivity contribution is 5.95. The minimum atomic E-state index is -0.574. The Morgan fingerprint density at radius 2 is 2.40 bits per heavy atom. The number of hydrogen-bond acceptors (Lipinski definition) is 3. The second kappa shape index (κ2) is 6.02. The molecule has 0 bridgehead atoms. The Balaban J connectivity index is 2.16. The topological polar surface area (TPSA) is 64.9 Å². The summed E-state index contributed by atoms with van der Waals surface area (Å²) in [6.45, 7) is 3.59. The van der Waals surface area contributed by atoms with E-state index < -0.39 is 11.2 Å². The van der Waals surface area contributed by atoms with Gasteiger partial charge in [0.05, 0.1) is 11.0 Å². The van der Waals surface area contributed by atoms with E-state index in [9.17, 15) is 9.18 Å². The van der Waals surface area contributed by atoms with Crippen LogP contribution in [0, 0.1) is 22.6 Å². The average Bonchev–Trinajstić information content (AvgIpc) is 2.49. The highest BCUT2D eigenvalue weighted by Crippen LogP contribution is 2.31. The maximum Gasteiger partial charge on any atom is 0.231 e. The van der Waals surface area contributed by atoms with Crippen molar-refractivity contribution < 1.29 is 9.18 Å². The Kier molecular flexibility index (Phi) is 4.35. The smallest absolute Gasteiger partial charge is 0.231 e. The summed E-state index contributed by atoms with van der Waals surface area (Å²) >= 11 is 0. The Morgan fingerprint density at radius 3 is 3.00 bits per heavy atom. The number of nitrogens with one attached hydrogen (secondary N) is 2. The number of benzene rings is 1. The molecular formula is C15H18FN3O. The molecule has 5 heteroatoms. The summed E-state index contributed by atoms with van der Waals surface area (Å²) in [5.41, 5.74) is -0.0131. The number of anilines is 1. The van der Waals surface area contributed by atoms with E-state index in [1.54, 1.807) is 6.07 Å². The molecule has 1 atom stereocenters. The van der Waals surface area contributed by atoms with Gasteiger partial charge in [-0.3, -0.25) is 4.79 Å². The maximum atomic E-state index is 13.3. The van der Waals surface area contributed by atoms with Gasteiger partial charge in [-0.25, -0.2) is 4.39 Å². The van der Waals surface area contributed by atoms with Crippen LogP contribution in [0.5, 0.6) is 0 Å². The third kappa shape index (κ3) is 2.81. The van der Waals surface area contributed by atoms with Gasteiger partial charge in [-0.1, -0.05) is 6.92 Å². The quantitative estimate of drug-likeness (QED) is 0.890. The first-order valence-corrected chi connectivity index (χ1v) is 6.83. The van der Waals surface area contributed by atoms with Crippen LogP contribution in [-0.4, -0.2) is 19.0 Å². The number of rotatable bonds is 3. The third-order valence-electron chi connectivity index (χ3n) is 3.98. The molecule has 2 rings (SSSR count). The second-order valence-electron chi connectivity index (χ2n) is 5.17. The molecule has 0 radical (unpaired) electrons. The molecule has 1 aliphatic heterocycles. The van der Waals surface area contributed by atoms with Crippen LogP contribution in [-0.2, 0) is 4.79 Å². The summed E-state index contributed by atoms with van der Waals surface area (Å²) in [6, 6.07) is 5.82. The molecular weight excluding hydrogens is 257 g/mol. The van der Waals surface area contributed by atoms with E-state index in [0.29, 0.717) is 12.2 Å². The van der Waals surface area contributed by atoms with Crippen molar-refractivity contribution in [2.45, 2.75) is 26.2 Å². The largest absolute Gasteiger partial charge is 0.326 e. The number of nitriles is 1. The van der Waals surface area contributed by atoms with Crippen molar-refractivity contribution >= 4 is 11.6 Å². The predicted molar refractivity (Wildman–Crippen MR) is 74.6 cm³/mol. The van der Waals surface area contributed by atoms with E-state index in [2.05, 4.69) is 10.6 Å². The monoisotopic (exact) mass is 275 g/mol. The minimum Gasteiger partial charge on any atom is -0.326 e. The highest BCUT2D eigenvalue weighted by Gasteiger charge is 2.37. The van der Waals surface area contributed by atoms with Crippen molar-refractivity contribution in [3.05, 3.63) is 29.6 Å². The van der Waals surface area contributed by atoms with E-state index in [0.717, 1.165) is 25.8 Å². The van der Waals surface area contributed by atoms with Gasteiger partial charge in [-0.05, 0) is 44.0 Å². The fourth-order valence-corrected chi connectivity index (χ4v) is 2.58. The van der Waals surface area contributed by atoms with Crippen LogP contribution in [0.4, 0.5) is 10.1 Å². The fraction of sp³-hybridized carbons (Fsp3) is 0.467. The van der Waals surface area contributed by atoms with Gasteiger partial charge in [0.2, 0.25) is 5.91 Å². The molecule has 1 aromatic rings. The van der Waals surface area contributed by atoms with Gasteiger partial charge in [0.25, 0.3) is 0 Å². The van der Waals surface area contributed by atoms with Gasteiger partial charge >= 0.3 is 0 Å². The molecule has 4 nitrogen and oxygen atoms in total. The number of amides is 1. The Bertz CT molecular complexity index is 545. The van der Waals surface area contributed by atoms with Gasteiger partial charge in [-0.15, -0.1) is 0 Å². The minimum absolute atomic E-state index is 0.0601. The number of hydrogen-bond donors (Lipinski definition) is 2. The highest BCUT2D eigenvalue weighted by atomic mass is 19.1. The first-order chi connectivity index (χ1) is 9.61. The normalized spacial score (nSPS) is 22.1. The molecule has 1 heterocycles. The van der Waals surface area contributed by atoms with E-state index in [1.807, 2.05) is 6.92 Å². The van der Waals surface area contributed by atoms with E-state index in [-0.39, 0.29) is 11.5 Å². The molecule has 0 spiro atoms. The van der Waals surface area contributed by atoms with E-state index in [4.69, 9.17) is 5.26 Å². The summed E-state index contributed by atoms with van der Waals surface area (Å²) in [4.78, 5) is 12.5. The number of piperidine rings is 1. The summed E-state index contributed by atoms with van der Waals surface area (Å²) in [5.74, 6) is -0.641. The lowest BCUT2D eigenvalue weighted by molar-refractivity contribution is -0.126. The summed E-state index contributed by atoms with van der Waals surface area (Å²) in [6.07, 6.45) is 2.56. The zero-order valence-corrected chi connectivity index (χ0v) is 11.5. The lowest BCUT2D eigenvalue weighted by Gasteiger charge is -2.35. The summed E-state index contributed by atoms with van der Waals surface area (Å²) in [7, 11) is 0. The molecule has 0 aliphatic carbocycles. The summed E-state index contributed by atoms with van der Waals surface area (Å²) < 4.78 is 13.3. The first kappa shape index (κ1) is 14.5. The Morgan fingerprint density at radius 1 is 1.60 bits per heavy atom. The molecule has 1 aliphatic rings. The fourth-order valence-electron chi connectivity index (χ4n) is 2.58. The van der Waals surface area contributed by atoms with Crippen LogP contribution in [0.1, 0.15) is 31.7 Å². The number of carbonyl (C=O) groups excluding carboxylic acids is 1. The molecule has 2 N–H and O–H groups in total. The Hall–Kier alpha value is -1.93. The number of carbonyl (C=O) groups is 1. The SMILES string of the molecule is CCC1(C(=O)Nc2ccc(F)c(C#N)c2)CCCNC1. The third-order valence-corrected chi connectivity index (χ3v) is 3.98. The average molecular weight is 275 g/mol. The first-order valence-electron chi connectivity index (χ1n) is 6.83.